The van der Waals surface area contributed by atoms with Gasteiger partial charge >= 0.3 is 0 Å². The van der Waals surface area contributed by atoms with Gasteiger partial charge < -0.3 is 16.4 Å². The number of nitrogens with two attached hydrogens (primary N) is 1. The molecule has 0 radical (unpaired) electrons. The Morgan fingerprint density at radius 1 is 1.37 bits per heavy atom. The lowest BCUT2D eigenvalue weighted by Gasteiger charge is -2.12. The number of hydrogen-bond acceptors (Lipinski definition) is 5. The van der Waals surface area contributed by atoms with Crippen LogP contribution in [0.2, 0.25) is 0 Å². The monoisotopic (exact) mass is 285 g/mol. The number of amides is 1. The maximum Gasteiger partial charge on any atom is 0.253 e. The van der Waals surface area contributed by atoms with Gasteiger partial charge in [0.15, 0.2) is 9.84 Å². The zero-order valence-electron chi connectivity index (χ0n) is 11.1. The van der Waals surface area contributed by atoms with Crippen LogP contribution in [-0.4, -0.2) is 39.4 Å². The van der Waals surface area contributed by atoms with Crippen LogP contribution in [0.1, 0.15) is 17.3 Å². The van der Waals surface area contributed by atoms with Crippen molar-refractivity contribution in [2.24, 2.45) is 0 Å². The third-order valence-electron chi connectivity index (χ3n) is 2.68. The van der Waals surface area contributed by atoms with E-state index in [9.17, 15) is 13.2 Å². The second kappa shape index (κ2) is 6.42. The number of rotatable bonds is 6. The first-order valence-electron chi connectivity index (χ1n) is 5.95. The molecule has 1 aromatic rings. The average molecular weight is 285 g/mol. The molecule has 0 aliphatic carbocycles. The normalized spacial score (nSPS) is 11.1. The van der Waals surface area contributed by atoms with Crippen LogP contribution in [0.15, 0.2) is 18.2 Å². The summed E-state index contributed by atoms with van der Waals surface area (Å²) in [5, 5.41) is 5.46. The van der Waals surface area contributed by atoms with Gasteiger partial charge in [0.05, 0.1) is 11.3 Å². The van der Waals surface area contributed by atoms with E-state index in [1.807, 2.05) is 0 Å². The number of carbonyl (C=O) groups excluding carboxylic acids is 1. The molecule has 1 aromatic carbocycles. The van der Waals surface area contributed by atoms with E-state index < -0.39 is 9.84 Å². The van der Waals surface area contributed by atoms with Crippen LogP contribution >= 0.6 is 0 Å². The Kier molecular flexibility index (Phi) is 5.17. The molecule has 0 heterocycles. The van der Waals surface area contributed by atoms with Crippen molar-refractivity contribution >= 4 is 27.1 Å². The van der Waals surface area contributed by atoms with Crippen LogP contribution in [0.5, 0.6) is 0 Å². The molecule has 7 heteroatoms. The van der Waals surface area contributed by atoms with Crippen LogP contribution in [0.25, 0.3) is 0 Å². The molecule has 0 unspecified atom stereocenters. The van der Waals surface area contributed by atoms with Crippen molar-refractivity contribution in [1.29, 1.82) is 0 Å². The lowest BCUT2D eigenvalue weighted by atomic mass is 10.1. The second-order valence-corrected chi connectivity index (χ2v) is 6.52. The number of carbonyl (C=O) groups is 1. The summed E-state index contributed by atoms with van der Waals surface area (Å²) in [4.78, 5) is 11.7. The molecular formula is C12H19N3O3S. The van der Waals surface area contributed by atoms with Crippen molar-refractivity contribution in [2.75, 3.05) is 36.1 Å². The number of benzene rings is 1. The fraction of sp³-hybridized carbons (Fsp3) is 0.417. The van der Waals surface area contributed by atoms with Crippen molar-refractivity contribution in [3.63, 3.8) is 0 Å². The maximum absolute atomic E-state index is 11.7. The Hall–Kier alpha value is -1.76. The first-order valence-corrected chi connectivity index (χ1v) is 7.77. The zero-order chi connectivity index (χ0) is 14.5. The van der Waals surface area contributed by atoms with Crippen molar-refractivity contribution in [2.45, 2.75) is 6.92 Å². The Labute approximate surface area is 113 Å². The average Bonchev–Trinajstić information content (AvgIpc) is 2.38. The van der Waals surface area contributed by atoms with Crippen molar-refractivity contribution in [3.05, 3.63) is 23.8 Å². The predicted molar refractivity (Wildman–Crippen MR) is 77.1 cm³/mol. The summed E-state index contributed by atoms with van der Waals surface area (Å²) >= 11 is 0. The molecule has 0 spiro atoms. The van der Waals surface area contributed by atoms with E-state index in [0.29, 0.717) is 16.9 Å². The molecule has 0 atom stereocenters. The summed E-state index contributed by atoms with van der Waals surface area (Å²) < 4.78 is 22.8. The van der Waals surface area contributed by atoms with Gasteiger partial charge in [-0.2, -0.15) is 0 Å². The minimum absolute atomic E-state index is 0.0193. The van der Waals surface area contributed by atoms with E-state index in [1.54, 1.807) is 25.1 Å². The van der Waals surface area contributed by atoms with E-state index in [1.165, 1.54) is 7.05 Å². The van der Waals surface area contributed by atoms with Crippen molar-refractivity contribution in [3.8, 4) is 0 Å². The Balaban J connectivity index is 2.82. The van der Waals surface area contributed by atoms with Gasteiger partial charge in [-0.15, -0.1) is 0 Å². The molecule has 1 rings (SSSR count). The Morgan fingerprint density at radius 2 is 2.05 bits per heavy atom. The third kappa shape index (κ3) is 4.44. The molecule has 0 aliphatic heterocycles. The van der Waals surface area contributed by atoms with Gasteiger partial charge in [-0.05, 0) is 18.2 Å². The molecule has 4 N–H and O–H groups in total. The highest BCUT2D eigenvalue weighted by Gasteiger charge is 2.11. The molecule has 0 saturated heterocycles. The largest absolute Gasteiger partial charge is 0.399 e. The minimum Gasteiger partial charge on any atom is -0.399 e. The summed E-state index contributed by atoms with van der Waals surface area (Å²) in [6, 6.07) is 4.84. The summed E-state index contributed by atoms with van der Waals surface area (Å²) in [6.07, 6.45) is 0. The maximum atomic E-state index is 11.7. The Morgan fingerprint density at radius 3 is 2.63 bits per heavy atom. The fourth-order valence-corrected chi connectivity index (χ4v) is 2.23. The first-order chi connectivity index (χ1) is 8.89. The third-order valence-corrected chi connectivity index (χ3v) is 4.39. The van der Waals surface area contributed by atoms with Crippen LogP contribution in [0.4, 0.5) is 11.4 Å². The number of sulfone groups is 1. The molecule has 0 saturated carbocycles. The van der Waals surface area contributed by atoms with Gasteiger partial charge in [-0.25, -0.2) is 8.42 Å². The smallest absolute Gasteiger partial charge is 0.253 e. The molecule has 106 valence electrons. The molecular weight excluding hydrogens is 266 g/mol. The van der Waals surface area contributed by atoms with E-state index in [-0.39, 0.29) is 24.0 Å². The quantitative estimate of drug-likeness (QED) is 0.660. The predicted octanol–water partition coefficient (Wildman–Crippen LogP) is 0.475. The summed E-state index contributed by atoms with van der Waals surface area (Å²) in [6.45, 7) is 1.84. The van der Waals surface area contributed by atoms with Gasteiger partial charge in [0.25, 0.3) is 5.91 Å². The zero-order valence-corrected chi connectivity index (χ0v) is 11.9. The molecule has 0 aliphatic rings. The van der Waals surface area contributed by atoms with E-state index in [4.69, 9.17) is 5.73 Å². The van der Waals surface area contributed by atoms with Crippen LogP contribution in [0.3, 0.4) is 0 Å². The standard InChI is InChI=1S/C12H19N3O3S/c1-3-19(17,18)7-6-15-11-8-9(13)4-5-10(11)12(16)14-2/h4-5,8,15H,3,6-7,13H2,1-2H3,(H,14,16). The summed E-state index contributed by atoms with van der Waals surface area (Å²) in [5.41, 5.74) is 7.14. The highest BCUT2D eigenvalue weighted by molar-refractivity contribution is 7.91. The second-order valence-electron chi connectivity index (χ2n) is 4.05. The van der Waals surface area contributed by atoms with Gasteiger partial charge in [-0.1, -0.05) is 6.92 Å². The summed E-state index contributed by atoms with van der Waals surface area (Å²) in [5.74, 6) is -0.125. The van der Waals surface area contributed by atoms with Crippen LogP contribution < -0.4 is 16.4 Å². The SMILES string of the molecule is CCS(=O)(=O)CCNc1cc(N)ccc1C(=O)NC. The fourth-order valence-electron chi connectivity index (χ4n) is 1.53. The molecule has 6 nitrogen and oxygen atoms in total. The van der Waals surface area contributed by atoms with Crippen LogP contribution in [0, 0.1) is 0 Å². The molecule has 1 amide bonds. The topological polar surface area (TPSA) is 101 Å². The lowest BCUT2D eigenvalue weighted by Crippen LogP contribution is -2.22. The van der Waals surface area contributed by atoms with Crippen molar-refractivity contribution in [1.82, 2.24) is 5.32 Å². The highest BCUT2D eigenvalue weighted by Crippen LogP contribution is 2.19. The number of nitrogens with one attached hydrogen (secondary N) is 2. The lowest BCUT2D eigenvalue weighted by molar-refractivity contribution is 0.0964. The number of nitrogen functional groups attached to an aromatic ring is 1. The van der Waals surface area contributed by atoms with Gasteiger partial charge in [0.2, 0.25) is 0 Å². The minimum atomic E-state index is -3.03. The van der Waals surface area contributed by atoms with E-state index in [0.717, 1.165) is 0 Å². The number of hydrogen-bond donors (Lipinski definition) is 3. The highest BCUT2D eigenvalue weighted by atomic mass is 32.2. The number of anilines is 2. The van der Waals surface area contributed by atoms with Gasteiger partial charge in [0, 0.05) is 30.7 Å². The molecule has 0 fully saturated rings. The summed E-state index contributed by atoms with van der Waals surface area (Å²) in [7, 11) is -1.50. The molecule has 0 bridgehead atoms. The van der Waals surface area contributed by atoms with E-state index in [2.05, 4.69) is 10.6 Å². The van der Waals surface area contributed by atoms with Gasteiger partial charge in [0.1, 0.15) is 0 Å². The Bertz CT molecular complexity index is 555. The molecule has 19 heavy (non-hydrogen) atoms. The first kappa shape index (κ1) is 15.3. The van der Waals surface area contributed by atoms with Crippen molar-refractivity contribution < 1.29 is 13.2 Å². The van der Waals surface area contributed by atoms with Gasteiger partial charge in [-0.3, -0.25) is 4.79 Å². The van der Waals surface area contributed by atoms with E-state index >= 15 is 0 Å². The van der Waals surface area contributed by atoms with Crippen LogP contribution in [-0.2, 0) is 9.84 Å². The molecule has 0 aromatic heterocycles.